The molecule has 0 bridgehead atoms. The summed E-state index contributed by atoms with van der Waals surface area (Å²) in [6, 6.07) is 0. The van der Waals surface area contributed by atoms with Crippen molar-refractivity contribution in [3.8, 4) is 0 Å². The second-order valence-corrected chi connectivity index (χ2v) is 3.05. The van der Waals surface area contributed by atoms with E-state index in [1.807, 2.05) is 0 Å². The topological polar surface area (TPSA) is 41.5 Å². The summed E-state index contributed by atoms with van der Waals surface area (Å²) in [7, 11) is 0. The molecule has 0 aromatic carbocycles. The van der Waals surface area contributed by atoms with Gasteiger partial charge in [-0.1, -0.05) is 44.2 Å². The van der Waals surface area contributed by atoms with Crippen molar-refractivity contribution < 1.29 is 0 Å². The molecule has 0 aliphatic rings. The minimum Gasteiger partial charge on any atom is -0.295 e. The molecule has 0 radical (unpaired) electrons. The van der Waals surface area contributed by atoms with E-state index in [2.05, 4.69) is 17.4 Å². The van der Waals surface area contributed by atoms with Crippen molar-refractivity contribution >= 4 is 0 Å². The molecule has 0 amide bonds. The largest absolute Gasteiger partial charge is 0.295 e. The Morgan fingerprint density at radius 2 is 1.75 bits per heavy atom. The fraction of sp³-hybridized carbons (Fsp3) is 1.00. The third-order valence-electron chi connectivity index (χ3n) is 1.88. The molecule has 0 rings (SSSR count). The van der Waals surface area contributed by atoms with Gasteiger partial charge in [0.1, 0.15) is 6.67 Å². The summed E-state index contributed by atoms with van der Waals surface area (Å²) < 4.78 is 0. The molecule has 0 saturated carbocycles. The first-order valence-electron chi connectivity index (χ1n) is 4.91. The second-order valence-electron chi connectivity index (χ2n) is 3.05. The van der Waals surface area contributed by atoms with Gasteiger partial charge in [-0.2, -0.15) is 0 Å². The van der Waals surface area contributed by atoms with Gasteiger partial charge in [0.05, 0.1) is 0 Å². The van der Waals surface area contributed by atoms with Crippen LogP contribution in [0.3, 0.4) is 0 Å². The van der Waals surface area contributed by atoms with E-state index in [0.717, 1.165) is 6.54 Å². The van der Waals surface area contributed by atoms with Crippen LogP contribution >= 0.6 is 0 Å². The lowest BCUT2D eigenvalue weighted by Gasteiger charge is -2.00. The van der Waals surface area contributed by atoms with E-state index in [9.17, 15) is 4.91 Å². The van der Waals surface area contributed by atoms with Crippen LogP contribution in [0.1, 0.15) is 45.4 Å². The number of hydrogen-bond donors (Lipinski definition) is 1. The van der Waals surface area contributed by atoms with Crippen LogP contribution in [-0.4, -0.2) is 13.2 Å². The monoisotopic (exact) mass is 172 g/mol. The minimum atomic E-state index is 0.259. The molecule has 1 N–H and O–H groups in total. The summed E-state index contributed by atoms with van der Waals surface area (Å²) in [4.78, 5) is 9.67. The van der Waals surface area contributed by atoms with Crippen LogP contribution in [0.25, 0.3) is 0 Å². The SMILES string of the molecule is CCCCCCCCNCN=O. The van der Waals surface area contributed by atoms with Gasteiger partial charge in [0.25, 0.3) is 0 Å². The Bertz CT molecular complexity index is 96.5. The molecule has 0 saturated heterocycles. The van der Waals surface area contributed by atoms with E-state index in [1.54, 1.807) is 0 Å². The molecule has 0 unspecified atom stereocenters. The highest BCUT2D eigenvalue weighted by Crippen LogP contribution is 2.03. The summed E-state index contributed by atoms with van der Waals surface area (Å²) in [5.74, 6) is 0. The standard InChI is InChI=1S/C9H20N2O/c1-2-3-4-5-6-7-8-10-9-11-12/h10H,2-9H2,1H3. The molecular weight excluding hydrogens is 152 g/mol. The van der Waals surface area contributed by atoms with E-state index in [1.165, 1.54) is 38.5 Å². The van der Waals surface area contributed by atoms with Crippen molar-refractivity contribution in [2.45, 2.75) is 45.4 Å². The highest BCUT2D eigenvalue weighted by atomic mass is 16.3. The van der Waals surface area contributed by atoms with E-state index >= 15 is 0 Å². The number of nitroso groups, excluding NO2 is 1. The molecule has 0 aliphatic heterocycles. The Morgan fingerprint density at radius 3 is 2.42 bits per heavy atom. The van der Waals surface area contributed by atoms with Crippen molar-refractivity contribution in [3.05, 3.63) is 4.91 Å². The van der Waals surface area contributed by atoms with Crippen molar-refractivity contribution in [1.82, 2.24) is 5.32 Å². The zero-order chi connectivity index (χ0) is 9.07. The van der Waals surface area contributed by atoms with E-state index in [-0.39, 0.29) is 6.67 Å². The second kappa shape index (κ2) is 10.6. The number of nitrogens with zero attached hydrogens (tertiary/aromatic N) is 1. The van der Waals surface area contributed by atoms with Gasteiger partial charge in [0.15, 0.2) is 0 Å². The van der Waals surface area contributed by atoms with E-state index in [0.29, 0.717) is 0 Å². The van der Waals surface area contributed by atoms with Gasteiger partial charge in [0.2, 0.25) is 0 Å². The normalized spacial score (nSPS) is 10.1. The lowest BCUT2D eigenvalue weighted by Crippen LogP contribution is -2.14. The predicted molar refractivity (Wildman–Crippen MR) is 52.0 cm³/mol. The average Bonchev–Trinajstić information content (AvgIpc) is 2.10. The summed E-state index contributed by atoms with van der Waals surface area (Å²) in [6.45, 7) is 3.41. The molecule has 0 aliphatic carbocycles. The molecule has 0 aromatic heterocycles. The molecule has 0 fully saturated rings. The quantitative estimate of drug-likeness (QED) is 0.429. The van der Waals surface area contributed by atoms with Crippen LogP contribution in [-0.2, 0) is 0 Å². The first kappa shape index (κ1) is 11.6. The van der Waals surface area contributed by atoms with Gasteiger partial charge in [-0.15, -0.1) is 4.91 Å². The molecule has 0 spiro atoms. The van der Waals surface area contributed by atoms with Crippen LogP contribution in [0.5, 0.6) is 0 Å². The third-order valence-corrected chi connectivity index (χ3v) is 1.88. The Hall–Kier alpha value is -0.440. The lowest BCUT2D eigenvalue weighted by molar-refractivity contribution is 0.576. The maximum absolute atomic E-state index is 9.67. The number of unbranched alkanes of at least 4 members (excludes halogenated alkanes) is 5. The Kier molecular flexibility index (Phi) is 10.2. The van der Waals surface area contributed by atoms with Crippen molar-refractivity contribution in [2.24, 2.45) is 5.18 Å². The molecule has 0 aromatic rings. The van der Waals surface area contributed by atoms with Gasteiger partial charge < -0.3 is 0 Å². The molecule has 12 heavy (non-hydrogen) atoms. The van der Waals surface area contributed by atoms with E-state index < -0.39 is 0 Å². The van der Waals surface area contributed by atoms with Crippen molar-refractivity contribution in [1.29, 1.82) is 0 Å². The van der Waals surface area contributed by atoms with Crippen LogP contribution in [0.4, 0.5) is 0 Å². The van der Waals surface area contributed by atoms with Gasteiger partial charge in [-0.25, -0.2) is 0 Å². The van der Waals surface area contributed by atoms with E-state index in [4.69, 9.17) is 0 Å². The highest BCUT2D eigenvalue weighted by molar-refractivity contribution is 4.47. The molecule has 0 atom stereocenters. The molecule has 3 nitrogen and oxygen atoms in total. The first-order valence-corrected chi connectivity index (χ1v) is 4.91. The Balaban J connectivity index is 2.77. The van der Waals surface area contributed by atoms with Crippen molar-refractivity contribution in [3.63, 3.8) is 0 Å². The van der Waals surface area contributed by atoms with Gasteiger partial charge in [0, 0.05) is 0 Å². The molecular formula is C9H20N2O. The van der Waals surface area contributed by atoms with Crippen LogP contribution in [0.15, 0.2) is 5.18 Å². The average molecular weight is 172 g/mol. The smallest absolute Gasteiger partial charge is 0.131 e. The molecule has 3 heteroatoms. The summed E-state index contributed by atoms with van der Waals surface area (Å²) in [6.07, 6.45) is 7.76. The summed E-state index contributed by atoms with van der Waals surface area (Å²) in [5.41, 5.74) is 0. The predicted octanol–water partition coefficient (Wildman–Crippen LogP) is 2.66. The fourth-order valence-corrected chi connectivity index (χ4v) is 1.16. The fourth-order valence-electron chi connectivity index (χ4n) is 1.16. The van der Waals surface area contributed by atoms with Gasteiger partial charge >= 0.3 is 0 Å². The van der Waals surface area contributed by atoms with Crippen LogP contribution < -0.4 is 5.32 Å². The van der Waals surface area contributed by atoms with Crippen molar-refractivity contribution in [2.75, 3.05) is 13.2 Å². The Labute approximate surface area is 74.9 Å². The maximum Gasteiger partial charge on any atom is 0.131 e. The highest BCUT2D eigenvalue weighted by Gasteiger charge is 1.89. The van der Waals surface area contributed by atoms with Gasteiger partial charge in [-0.3, -0.25) is 5.32 Å². The number of rotatable bonds is 9. The Morgan fingerprint density at radius 1 is 1.08 bits per heavy atom. The zero-order valence-corrected chi connectivity index (χ0v) is 8.01. The maximum atomic E-state index is 9.67. The van der Waals surface area contributed by atoms with Crippen LogP contribution in [0, 0.1) is 4.91 Å². The molecule has 72 valence electrons. The summed E-state index contributed by atoms with van der Waals surface area (Å²) in [5, 5.41) is 5.67. The third kappa shape index (κ3) is 9.56. The minimum absolute atomic E-state index is 0.259. The molecule has 0 heterocycles. The summed E-state index contributed by atoms with van der Waals surface area (Å²) >= 11 is 0. The number of nitrogens with one attached hydrogen (secondary N) is 1. The van der Waals surface area contributed by atoms with Gasteiger partial charge in [-0.05, 0) is 13.0 Å². The van der Waals surface area contributed by atoms with Crippen LogP contribution in [0.2, 0.25) is 0 Å². The lowest BCUT2D eigenvalue weighted by atomic mass is 10.1. The number of hydrogen-bond acceptors (Lipinski definition) is 3. The zero-order valence-electron chi connectivity index (χ0n) is 8.01. The first-order chi connectivity index (χ1) is 5.91.